The van der Waals surface area contributed by atoms with Crippen molar-refractivity contribution in [3.05, 3.63) is 0 Å². The maximum absolute atomic E-state index is 12.1. The predicted molar refractivity (Wildman–Crippen MR) is 64.3 cm³/mol. The zero-order chi connectivity index (χ0) is 11.7. The summed E-state index contributed by atoms with van der Waals surface area (Å²) in [5.41, 5.74) is 0. The lowest BCUT2D eigenvalue weighted by Crippen LogP contribution is -2.64. The Labute approximate surface area is 100 Å². The molecule has 0 aliphatic carbocycles. The molecule has 2 rings (SSSR count). The molecule has 0 aromatic heterocycles. The Morgan fingerprint density at radius 3 is 2.75 bits per heavy atom. The summed E-state index contributed by atoms with van der Waals surface area (Å²) in [5, 5.41) is 2.71. The van der Waals surface area contributed by atoms with Crippen LogP contribution in [0.4, 0.5) is 0 Å². The fraction of sp³-hybridized carbons (Fsp3) is 0.818. The fourth-order valence-corrected chi connectivity index (χ4v) is 3.51. The van der Waals surface area contributed by atoms with E-state index in [4.69, 9.17) is 0 Å². The van der Waals surface area contributed by atoms with E-state index in [0.29, 0.717) is 0 Å². The van der Waals surface area contributed by atoms with Crippen LogP contribution in [0, 0.1) is 0 Å². The van der Waals surface area contributed by atoms with Gasteiger partial charge in [-0.25, -0.2) is 0 Å². The van der Waals surface area contributed by atoms with Crippen molar-refractivity contribution in [2.45, 2.75) is 44.8 Å². The lowest BCUT2D eigenvalue weighted by atomic mass is 10.0. The summed E-state index contributed by atoms with van der Waals surface area (Å²) >= 11 is 1.88. The quantitative estimate of drug-likeness (QED) is 0.733. The molecule has 2 amide bonds. The molecule has 0 bridgehead atoms. The zero-order valence-electron chi connectivity index (χ0n) is 9.73. The molecule has 2 fully saturated rings. The minimum absolute atomic E-state index is 0.0253. The number of thioether (sulfide) groups is 1. The van der Waals surface area contributed by atoms with E-state index < -0.39 is 0 Å². The molecule has 0 saturated carbocycles. The SMILES string of the molecule is CC1NC(=O)C(C)N(C2CCCSC2)C1=O. The van der Waals surface area contributed by atoms with Gasteiger partial charge in [-0.3, -0.25) is 9.59 Å². The van der Waals surface area contributed by atoms with E-state index in [2.05, 4.69) is 5.32 Å². The molecule has 3 unspecified atom stereocenters. The van der Waals surface area contributed by atoms with Gasteiger partial charge in [-0.05, 0) is 32.4 Å². The third-order valence-corrected chi connectivity index (χ3v) is 4.51. The Morgan fingerprint density at radius 1 is 1.38 bits per heavy atom. The van der Waals surface area contributed by atoms with E-state index in [1.165, 1.54) is 5.75 Å². The highest BCUT2D eigenvalue weighted by atomic mass is 32.2. The van der Waals surface area contributed by atoms with Crippen LogP contribution in [0.5, 0.6) is 0 Å². The van der Waals surface area contributed by atoms with Crippen molar-refractivity contribution < 1.29 is 9.59 Å². The molecule has 1 N–H and O–H groups in total. The second-order valence-electron chi connectivity index (χ2n) is 4.52. The Hall–Kier alpha value is -0.710. The van der Waals surface area contributed by atoms with E-state index >= 15 is 0 Å². The van der Waals surface area contributed by atoms with Crippen molar-refractivity contribution in [1.82, 2.24) is 10.2 Å². The summed E-state index contributed by atoms with van der Waals surface area (Å²) in [5.74, 6) is 2.19. The third-order valence-electron chi connectivity index (χ3n) is 3.31. The van der Waals surface area contributed by atoms with Crippen molar-refractivity contribution in [3.8, 4) is 0 Å². The predicted octanol–water partition coefficient (Wildman–Crippen LogP) is 0.617. The topological polar surface area (TPSA) is 49.4 Å². The van der Waals surface area contributed by atoms with Gasteiger partial charge in [0.25, 0.3) is 0 Å². The van der Waals surface area contributed by atoms with E-state index in [1.54, 1.807) is 11.8 Å². The van der Waals surface area contributed by atoms with Gasteiger partial charge in [0.05, 0.1) is 0 Å². The van der Waals surface area contributed by atoms with E-state index in [-0.39, 0.29) is 29.9 Å². The summed E-state index contributed by atoms with van der Waals surface area (Å²) in [6, 6.07) is -0.433. The number of carbonyl (C=O) groups excluding carboxylic acids is 2. The van der Waals surface area contributed by atoms with Gasteiger partial charge in [-0.1, -0.05) is 0 Å². The number of amides is 2. The first-order valence-electron chi connectivity index (χ1n) is 5.81. The molecular weight excluding hydrogens is 224 g/mol. The molecule has 0 aromatic carbocycles. The van der Waals surface area contributed by atoms with Crippen LogP contribution in [0.15, 0.2) is 0 Å². The minimum Gasteiger partial charge on any atom is -0.343 e. The van der Waals surface area contributed by atoms with Crippen LogP contribution in [0.25, 0.3) is 0 Å². The normalized spacial score (nSPS) is 36.1. The first-order chi connectivity index (χ1) is 7.61. The molecule has 4 nitrogen and oxygen atoms in total. The van der Waals surface area contributed by atoms with Crippen molar-refractivity contribution in [1.29, 1.82) is 0 Å². The number of piperazine rings is 1. The standard InChI is InChI=1S/C11H18N2O2S/c1-7-11(15)13(8(2)10(14)12-7)9-4-3-5-16-6-9/h7-9H,3-6H2,1-2H3,(H,12,14). The maximum atomic E-state index is 12.1. The molecule has 0 aromatic rings. The van der Waals surface area contributed by atoms with Crippen LogP contribution < -0.4 is 5.32 Å². The lowest BCUT2D eigenvalue weighted by Gasteiger charge is -2.42. The lowest BCUT2D eigenvalue weighted by molar-refractivity contribution is -0.150. The van der Waals surface area contributed by atoms with Crippen LogP contribution in [-0.2, 0) is 9.59 Å². The third kappa shape index (κ3) is 2.05. The van der Waals surface area contributed by atoms with Crippen LogP contribution in [0.2, 0.25) is 0 Å². The summed E-state index contributed by atoms with van der Waals surface area (Å²) < 4.78 is 0. The van der Waals surface area contributed by atoms with Crippen molar-refractivity contribution >= 4 is 23.6 Å². The molecule has 5 heteroatoms. The number of hydrogen-bond acceptors (Lipinski definition) is 3. The zero-order valence-corrected chi connectivity index (χ0v) is 10.5. The van der Waals surface area contributed by atoms with Crippen molar-refractivity contribution in [2.75, 3.05) is 11.5 Å². The Morgan fingerprint density at radius 2 is 2.12 bits per heavy atom. The summed E-state index contributed by atoms with van der Waals surface area (Å²) in [7, 11) is 0. The number of carbonyl (C=O) groups is 2. The summed E-state index contributed by atoms with van der Waals surface area (Å²) in [6.07, 6.45) is 2.17. The average molecular weight is 242 g/mol. The Bertz CT molecular complexity index is 302. The van der Waals surface area contributed by atoms with Gasteiger partial charge in [-0.2, -0.15) is 11.8 Å². The number of hydrogen-bond donors (Lipinski definition) is 1. The monoisotopic (exact) mass is 242 g/mol. The number of rotatable bonds is 1. The van der Waals surface area contributed by atoms with Crippen LogP contribution in [0.3, 0.4) is 0 Å². The molecule has 2 heterocycles. The highest BCUT2D eigenvalue weighted by Gasteiger charge is 2.39. The van der Waals surface area contributed by atoms with E-state index in [1.807, 2.05) is 18.7 Å². The molecular formula is C11H18N2O2S. The molecule has 3 atom stereocenters. The van der Waals surface area contributed by atoms with Crippen molar-refractivity contribution in [3.63, 3.8) is 0 Å². The summed E-state index contributed by atoms with van der Waals surface area (Å²) in [4.78, 5) is 25.6. The van der Waals surface area contributed by atoms with Gasteiger partial charge in [0, 0.05) is 11.8 Å². The van der Waals surface area contributed by atoms with Gasteiger partial charge in [0.15, 0.2) is 0 Å². The molecule has 2 saturated heterocycles. The van der Waals surface area contributed by atoms with Crippen LogP contribution in [-0.4, -0.2) is 46.3 Å². The van der Waals surface area contributed by atoms with Gasteiger partial charge in [-0.15, -0.1) is 0 Å². The van der Waals surface area contributed by atoms with Crippen LogP contribution >= 0.6 is 11.8 Å². The maximum Gasteiger partial charge on any atom is 0.245 e. The molecule has 2 aliphatic rings. The molecule has 90 valence electrons. The van der Waals surface area contributed by atoms with E-state index in [0.717, 1.165) is 18.6 Å². The first-order valence-corrected chi connectivity index (χ1v) is 6.97. The van der Waals surface area contributed by atoms with Gasteiger partial charge < -0.3 is 10.2 Å². The summed E-state index contributed by atoms with van der Waals surface area (Å²) in [6.45, 7) is 3.58. The first kappa shape index (κ1) is 11.8. The minimum atomic E-state index is -0.365. The highest BCUT2D eigenvalue weighted by molar-refractivity contribution is 7.99. The van der Waals surface area contributed by atoms with Crippen molar-refractivity contribution in [2.24, 2.45) is 0 Å². The number of nitrogens with zero attached hydrogens (tertiary/aromatic N) is 1. The van der Waals surface area contributed by atoms with E-state index in [9.17, 15) is 9.59 Å². The Kier molecular flexibility index (Phi) is 3.42. The molecule has 0 radical (unpaired) electrons. The van der Waals surface area contributed by atoms with Gasteiger partial charge >= 0.3 is 0 Å². The number of nitrogens with one attached hydrogen (secondary N) is 1. The highest BCUT2D eigenvalue weighted by Crippen LogP contribution is 2.25. The smallest absolute Gasteiger partial charge is 0.245 e. The second kappa shape index (κ2) is 4.65. The average Bonchev–Trinajstić information content (AvgIpc) is 2.28. The van der Waals surface area contributed by atoms with Gasteiger partial charge in [0.1, 0.15) is 12.1 Å². The second-order valence-corrected chi connectivity index (χ2v) is 5.67. The van der Waals surface area contributed by atoms with Crippen LogP contribution in [0.1, 0.15) is 26.7 Å². The largest absolute Gasteiger partial charge is 0.343 e. The Balaban J connectivity index is 2.14. The molecule has 16 heavy (non-hydrogen) atoms. The molecule has 0 spiro atoms. The van der Waals surface area contributed by atoms with Gasteiger partial charge in [0.2, 0.25) is 11.8 Å². The molecule has 2 aliphatic heterocycles. The fourth-order valence-electron chi connectivity index (χ4n) is 2.38.